The largest absolute Gasteiger partial charge is 0.341 e. The Labute approximate surface area is 184 Å². The van der Waals surface area contributed by atoms with Crippen molar-refractivity contribution in [1.82, 2.24) is 24.0 Å². The standard InChI is InChI=1S/C22H31N5O3S/c1-17-18(14-26(3)24-17)13-25(2)21(28)20-15-27(16-22(20)9-5-4-6-10-22)31(29,30)19-8-7-11-23-12-19/h7-8,11-12,14,20H,4-6,9-10,13,15-16H2,1-3H3. The van der Waals surface area contributed by atoms with Crippen LogP contribution in [0.5, 0.6) is 0 Å². The Kier molecular flexibility index (Phi) is 5.91. The van der Waals surface area contributed by atoms with Gasteiger partial charge in [-0.15, -0.1) is 0 Å². The summed E-state index contributed by atoms with van der Waals surface area (Å²) in [6.07, 6.45) is 9.88. The van der Waals surface area contributed by atoms with Crippen LogP contribution in [0.2, 0.25) is 0 Å². The van der Waals surface area contributed by atoms with Crippen molar-refractivity contribution >= 4 is 15.9 Å². The summed E-state index contributed by atoms with van der Waals surface area (Å²) in [6.45, 7) is 3.04. The molecule has 1 aliphatic carbocycles. The zero-order valence-corrected chi connectivity index (χ0v) is 19.3. The van der Waals surface area contributed by atoms with Gasteiger partial charge in [0.05, 0.1) is 11.6 Å². The van der Waals surface area contributed by atoms with Gasteiger partial charge in [-0.05, 0) is 37.3 Å². The van der Waals surface area contributed by atoms with Crippen LogP contribution in [-0.2, 0) is 28.4 Å². The van der Waals surface area contributed by atoms with Crippen LogP contribution in [-0.4, -0.2) is 58.4 Å². The Bertz CT molecular complexity index is 1040. The summed E-state index contributed by atoms with van der Waals surface area (Å²) in [5, 5.41) is 4.37. The van der Waals surface area contributed by atoms with Crippen LogP contribution in [0.3, 0.4) is 0 Å². The van der Waals surface area contributed by atoms with Gasteiger partial charge in [0.25, 0.3) is 0 Å². The highest BCUT2D eigenvalue weighted by Gasteiger charge is 2.53. The third kappa shape index (κ3) is 4.13. The minimum atomic E-state index is -3.68. The molecule has 0 bridgehead atoms. The molecule has 2 aromatic rings. The van der Waals surface area contributed by atoms with Crippen LogP contribution in [0, 0.1) is 18.3 Å². The van der Waals surface area contributed by atoms with Gasteiger partial charge < -0.3 is 4.90 Å². The van der Waals surface area contributed by atoms with E-state index < -0.39 is 10.0 Å². The molecule has 8 nitrogen and oxygen atoms in total. The first kappa shape index (κ1) is 22.0. The van der Waals surface area contributed by atoms with Gasteiger partial charge >= 0.3 is 0 Å². The zero-order chi connectivity index (χ0) is 22.2. The lowest BCUT2D eigenvalue weighted by atomic mass is 9.67. The molecule has 0 radical (unpaired) electrons. The van der Waals surface area contributed by atoms with Crippen LogP contribution in [0.1, 0.15) is 43.4 Å². The van der Waals surface area contributed by atoms with E-state index in [1.807, 2.05) is 27.2 Å². The molecule has 2 aliphatic rings. The third-order valence-electron chi connectivity index (χ3n) is 6.94. The number of aryl methyl sites for hydroxylation is 2. The number of rotatable bonds is 5. The maximum atomic E-state index is 13.6. The molecule has 4 rings (SSSR count). The molecule has 2 aromatic heterocycles. The number of amides is 1. The van der Waals surface area contributed by atoms with Crippen LogP contribution in [0.25, 0.3) is 0 Å². The third-order valence-corrected chi connectivity index (χ3v) is 8.73. The lowest BCUT2D eigenvalue weighted by Gasteiger charge is -2.38. The molecule has 168 valence electrons. The predicted molar refractivity (Wildman–Crippen MR) is 116 cm³/mol. The summed E-state index contributed by atoms with van der Waals surface area (Å²) in [6, 6.07) is 3.20. The van der Waals surface area contributed by atoms with Crippen molar-refractivity contribution in [3.63, 3.8) is 0 Å². The van der Waals surface area contributed by atoms with Gasteiger partial charge in [0.1, 0.15) is 4.90 Å². The number of carbonyl (C=O) groups excluding carboxylic acids is 1. The fourth-order valence-electron chi connectivity index (χ4n) is 5.26. The molecule has 1 spiro atoms. The first-order valence-electron chi connectivity index (χ1n) is 10.9. The van der Waals surface area contributed by atoms with Crippen molar-refractivity contribution in [3.8, 4) is 0 Å². The second-order valence-electron chi connectivity index (χ2n) is 9.07. The van der Waals surface area contributed by atoms with Crippen molar-refractivity contribution in [2.75, 3.05) is 20.1 Å². The zero-order valence-electron chi connectivity index (χ0n) is 18.5. The predicted octanol–water partition coefficient (Wildman–Crippen LogP) is 2.35. The van der Waals surface area contributed by atoms with E-state index in [0.717, 1.165) is 43.4 Å². The van der Waals surface area contributed by atoms with Gasteiger partial charge in [0.2, 0.25) is 15.9 Å². The van der Waals surface area contributed by atoms with Gasteiger partial charge in [0, 0.05) is 57.9 Å². The molecule has 0 aromatic carbocycles. The Balaban J connectivity index is 1.60. The van der Waals surface area contributed by atoms with Crippen LogP contribution in [0.15, 0.2) is 35.6 Å². The highest BCUT2D eigenvalue weighted by Crippen LogP contribution is 2.49. The van der Waals surface area contributed by atoms with Crippen LogP contribution in [0.4, 0.5) is 0 Å². The van der Waals surface area contributed by atoms with Gasteiger partial charge in [-0.2, -0.15) is 9.40 Å². The molecule has 1 saturated heterocycles. The normalized spacial score (nSPS) is 21.5. The van der Waals surface area contributed by atoms with E-state index in [1.54, 1.807) is 27.9 Å². The first-order valence-corrected chi connectivity index (χ1v) is 12.3. The SMILES string of the molecule is Cc1nn(C)cc1CN(C)C(=O)C1CN(S(=O)(=O)c2cccnc2)CC12CCCCC2. The van der Waals surface area contributed by atoms with E-state index >= 15 is 0 Å². The van der Waals surface area contributed by atoms with Crippen molar-refractivity contribution in [2.45, 2.75) is 50.5 Å². The summed E-state index contributed by atoms with van der Waals surface area (Å²) in [7, 11) is -0.00406. The molecule has 9 heteroatoms. The van der Waals surface area contributed by atoms with Crippen molar-refractivity contribution in [3.05, 3.63) is 42.0 Å². The molecule has 1 saturated carbocycles. The first-order chi connectivity index (χ1) is 14.7. The van der Waals surface area contributed by atoms with E-state index in [4.69, 9.17) is 0 Å². The Morgan fingerprint density at radius 2 is 2.03 bits per heavy atom. The number of nitrogens with zero attached hydrogens (tertiary/aromatic N) is 5. The van der Waals surface area contributed by atoms with Crippen molar-refractivity contribution in [1.29, 1.82) is 0 Å². The van der Waals surface area contributed by atoms with E-state index in [1.165, 1.54) is 10.5 Å². The van der Waals surface area contributed by atoms with Gasteiger partial charge in [-0.3, -0.25) is 14.5 Å². The topological polar surface area (TPSA) is 88.4 Å². The molecule has 1 aliphatic heterocycles. The van der Waals surface area contributed by atoms with Crippen LogP contribution >= 0.6 is 0 Å². The minimum absolute atomic E-state index is 0.0223. The Morgan fingerprint density at radius 1 is 1.29 bits per heavy atom. The molecular weight excluding hydrogens is 414 g/mol. The smallest absolute Gasteiger partial charge is 0.244 e. The lowest BCUT2D eigenvalue weighted by molar-refractivity contribution is -0.138. The van der Waals surface area contributed by atoms with E-state index in [0.29, 0.717) is 13.1 Å². The second kappa shape index (κ2) is 8.35. The molecule has 3 heterocycles. The number of sulfonamides is 1. The lowest BCUT2D eigenvalue weighted by Crippen LogP contribution is -2.43. The summed E-state index contributed by atoms with van der Waals surface area (Å²) in [4.78, 5) is 19.5. The second-order valence-corrected chi connectivity index (χ2v) is 11.0. The minimum Gasteiger partial charge on any atom is -0.341 e. The molecule has 1 amide bonds. The molecule has 2 fully saturated rings. The number of aromatic nitrogens is 3. The van der Waals surface area contributed by atoms with E-state index in [2.05, 4.69) is 10.1 Å². The monoisotopic (exact) mass is 445 g/mol. The van der Waals surface area contributed by atoms with Gasteiger partial charge in [-0.1, -0.05) is 19.3 Å². The molecule has 0 N–H and O–H groups in total. The number of hydrogen-bond donors (Lipinski definition) is 0. The quantitative estimate of drug-likeness (QED) is 0.705. The molecule has 1 atom stereocenters. The number of pyridine rings is 1. The molecule has 31 heavy (non-hydrogen) atoms. The van der Waals surface area contributed by atoms with Crippen molar-refractivity contribution in [2.24, 2.45) is 18.4 Å². The number of hydrogen-bond acceptors (Lipinski definition) is 5. The van der Waals surface area contributed by atoms with Gasteiger partial charge in [0.15, 0.2) is 0 Å². The highest BCUT2D eigenvalue weighted by molar-refractivity contribution is 7.89. The maximum Gasteiger partial charge on any atom is 0.244 e. The Hall–Kier alpha value is -2.26. The Morgan fingerprint density at radius 3 is 2.65 bits per heavy atom. The molecule has 1 unspecified atom stereocenters. The maximum absolute atomic E-state index is 13.6. The summed E-state index contributed by atoms with van der Waals surface area (Å²) in [5.74, 6) is -0.310. The van der Waals surface area contributed by atoms with Crippen molar-refractivity contribution < 1.29 is 13.2 Å². The summed E-state index contributed by atoms with van der Waals surface area (Å²) >= 11 is 0. The average molecular weight is 446 g/mol. The number of carbonyl (C=O) groups is 1. The fourth-order valence-corrected chi connectivity index (χ4v) is 6.78. The van der Waals surface area contributed by atoms with Crippen LogP contribution < -0.4 is 0 Å². The fraction of sp³-hybridized carbons (Fsp3) is 0.591. The van der Waals surface area contributed by atoms with E-state index in [-0.39, 0.29) is 28.7 Å². The highest BCUT2D eigenvalue weighted by atomic mass is 32.2. The van der Waals surface area contributed by atoms with Gasteiger partial charge in [-0.25, -0.2) is 8.42 Å². The van der Waals surface area contributed by atoms with E-state index in [9.17, 15) is 13.2 Å². The summed E-state index contributed by atoms with van der Waals surface area (Å²) < 4.78 is 29.8. The summed E-state index contributed by atoms with van der Waals surface area (Å²) in [5.41, 5.74) is 1.62. The average Bonchev–Trinajstić information content (AvgIpc) is 3.28. The molecular formula is C22H31N5O3S.